The van der Waals surface area contributed by atoms with E-state index in [1.54, 1.807) is 24.4 Å². The number of aromatic hydroxyl groups is 1. The zero-order chi connectivity index (χ0) is 21.6. The molecule has 0 saturated carbocycles. The molecule has 0 amide bonds. The van der Waals surface area contributed by atoms with E-state index in [-0.39, 0.29) is 5.75 Å². The van der Waals surface area contributed by atoms with Crippen LogP contribution >= 0.6 is 22.9 Å². The van der Waals surface area contributed by atoms with Crippen LogP contribution in [0.1, 0.15) is 12.5 Å². The van der Waals surface area contributed by atoms with E-state index in [4.69, 9.17) is 21.3 Å². The molecular weight excluding hydrogens is 430 g/mol. The van der Waals surface area contributed by atoms with Crippen molar-refractivity contribution in [3.63, 3.8) is 0 Å². The Morgan fingerprint density at radius 3 is 2.58 bits per heavy atom. The van der Waals surface area contributed by atoms with Crippen molar-refractivity contribution in [2.24, 2.45) is 5.10 Å². The number of hydrazone groups is 1. The number of nitrogens with one attached hydrogen (secondary N) is 1. The van der Waals surface area contributed by atoms with Gasteiger partial charge in [0.1, 0.15) is 0 Å². The van der Waals surface area contributed by atoms with Crippen LogP contribution in [0.3, 0.4) is 0 Å². The lowest BCUT2D eigenvalue weighted by Gasteiger charge is -2.05. The molecule has 7 heteroatoms. The van der Waals surface area contributed by atoms with Crippen molar-refractivity contribution < 1.29 is 9.84 Å². The second-order valence-corrected chi connectivity index (χ2v) is 8.04. The van der Waals surface area contributed by atoms with Gasteiger partial charge in [-0.3, -0.25) is 5.43 Å². The third-order valence-corrected chi connectivity index (χ3v) is 5.70. The normalized spacial score (nSPS) is 11.0. The molecule has 1 heterocycles. The highest BCUT2D eigenvalue weighted by Crippen LogP contribution is 2.39. The molecule has 0 aliphatic carbocycles. The molecule has 2 N–H and O–H groups in total. The van der Waals surface area contributed by atoms with Crippen LogP contribution in [0.5, 0.6) is 11.5 Å². The molecule has 0 radical (unpaired) electrons. The summed E-state index contributed by atoms with van der Waals surface area (Å²) >= 11 is 7.58. The number of nitrogens with zero attached hydrogens (tertiary/aromatic N) is 2. The zero-order valence-corrected chi connectivity index (χ0v) is 18.3. The standard InChI is InChI=1S/C24H20ClN3O2S/c1-2-30-21-14-16(8-13-20(21)29)15-26-28-24-27-22(17-6-4-3-5-7-17)23(31-24)18-9-11-19(25)12-10-18/h3-15,29H,2H2,1H3,(H,27,28)/b26-15-. The molecular formula is C24H20ClN3O2S. The average Bonchev–Trinajstić information content (AvgIpc) is 3.21. The van der Waals surface area contributed by atoms with Gasteiger partial charge in [-0.1, -0.05) is 65.4 Å². The van der Waals surface area contributed by atoms with Crippen LogP contribution in [0.2, 0.25) is 5.02 Å². The Bertz CT molecular complexity index is 1190. The summed E-state index contributed by atoms with van der Waals surface area (Å²) in [5.74, 6) is 0.532. The Morgan fingerprint density at radius 1 is 1.06 bits per heavy atom. The van der Waals surface area contributed by atoms with Crippen molar-refractivity contribution in [1.29, 1.82) is 0 Å². The molecule has 1 aromatic heterocycles. The van der Waals surface area contributed by atoms with Crippen molar-refractivity contribution >= 4 is 34.3 Å². The predicted octanol–water partition coefficient (Wildman–Crippen LogP) is 6.68. The van der Waals surface area contributed by atoms with E-state index in [1.165, 1.54) is 11.3 Å². The molecule has 0 atom stereocenters. The lowest BCUT2D eigenvalue weighted by Crippen LogP contribution is -1.94. The molecule has 156 valence electrons. The molecule has 5 nitrogen and oxygen atoms in total. The van der Waals surface area contributed by atoms with Gasteiger partial charge < -0.3 is 9.84 Å². The van der Waals surface area contributed by atoms with Crippen LogP contribution in [-0.4, -0.2) is 22.9 Å². The first-order valence-corrected chi connectivity index (χ1v) is 10.9. The SMILES string of the molecule is CCOc1cc(/C=N\Nc2nc(-c3ccccc3)c(-c3ccc(Cl)cc3)s2)ccc1O. The van der Waals surface area contributed by atoms with E-state index in [1.807, 2.05) is 61.5 Å². The number of anilines is 1. The van der Waals surface area contributed by atoms with E-state index >= 15 is 0 Å². The van der Waals surface area contributed by atoms with Gasteiger partial charge in [-0.2, -0.15) is 5.10 Å². The minimum atomic E-state index is 0.104. The fraction of sp³-hybridized carbons (Fsp3) is 0.0833. The van der Waals surface area contributed by atoms with Crippen molar-refractivity contribution in [2.75, 3.05) is 12.0 Å². The Kier molecular flexibility index (Phi) is 6.50. The first kappa shape index (κ1) is 20.9. The lowest BCUT2D eigenvalue weighted by molar-refractivity contribution is 0.318. The zero-order valence-electron chi connectivity index (χ0n) is 16.7. The third kappa shape index (κ3) is 5.05. The summed E-state index contributed by atoms with van der Waals surface area (Å²) < 4.78 is 5.42. The molecule has 0 aliphatic heterocycles. The van der Waals surface area contributed by atoms with Gasteiger partial charge in [-0.05, 0) is 48.4 Å². The third-order valence-electron chi connectivity index (χ3n) is 4.44. The number of ether oxygens (including phenoxy) is 1. The monoisotopic (exact) mass is 449 g/mol. The largest absolute Gasteiger partial charge is 0.504 e. The molecule has 0 spiro atoms. The molecule has 0 unspecified atom stereocenters. The molecule has 3 aromatic carbocycles. The van der Waals surface area contributed by atoms with Gasteiger partial charge in [-0.25, -0.2) is 4.98 Å². The number of halogens is 1. The van der Waals surface area contributed by atoms with E-state index < -0.39 is 0 Å². The first-order chi connectivity index (χ1) is 15.1. The van der Waals surface area contributed by atoms with Crippen molar-refractivity contribution in [1.82, 2.24) is 4.98 Å². The molecule has 0 bridgehead atoms. The lowest BCUT2D eigenvalue weighted by atomic mass is 10.1. The van der Waals surface area contributed by atoms with Crippen LogP contribution in [-0.2, 0) is 0 Å². The molecule has 0 fully saturated rings. The molecule has 31 heavy (non-hydrogen) atoms. The topological polar surface area (TPSA) is 66.7 Å². The van der Waals surface area contributed by atoms with Crippen molar-refractivity contribution in [3.05, 3.63) is 83.4 Å². The van der Waals surface area contributed by atoms with Crippen LogP contribution < -0.4 is 10.2 Å². The fourth-order valence-electron chi connectivity index (χ4n) is 3.00. The van der Waals surface area contributed by atoms with Gasteiger partial charge in [-0.15, -0.1) is 0 Å². The summed E-state index contributed by atoms with van der Waals surface area (Å²) in [5, 5.41) is 15.5. The van der Waals surface area contributed by atoms with Gasteiger partial charge in [0.25, 0.3) is 0 Å². The Morgan fingerprint density at radius 2 is 1.84 bits per heavy atom. The summed E-state index contributed by atoms with van der Waals surface area (Å²) in [6, 6.07) is 22.8. The maximum Gasteiger partial charge on any atom is 0.204 e. The quantitative estimate of drug-likeness (QED) is 0.244. The van der Waals surface area contributed by atoms with E-state index in [0.717, 1.165) is 27.3 Å². The number of aromatic nitrogens is 1. The number of hydrogen-bond acceptors (Lipinski definition) is 6. The summed E-state index contributed by atoms with van der Waals surface area (Å²) in [5.41, 5.74) is 6.77. The van der Waals surface area contributed by atoms with Gasteiger partial charge in [0.2, 0.25) is 5.13 Å². The first-order valence-electron chi connectivity index (χ1n) is 9.71. The number of thiazole rings is 1. The average molecular weight is 450 g/mol. The Balaban J connectivity index is 1.61. The second kappa shape index (κ2) is 9.64. The van der Waals surface area contributed by atoms with E-state index in [9.17, 15) is 5.11 Å². The predicted molar refractivity (Wildman–Crippen MR) is 128 cm³/mol. The number of rotatable bonds is 7. The molecule has 0 saturated heterocycles. The minimum Gasteiger partial charge on any atom is -0.504 e. The van der Waals surface area contributed by atoms with Crippen LogP contribution in [0, 0.1) is 0 Å². The number of hydrogen-bond donors (Lipinski definition) is 2. The highest BCUT2D eigenvalue weighted by atomic mass is 35.5. The fourth-order valence-corrected chi connectivity index (χ4v) is 4.07. The molecule has 0 aliphatic rings. The summed E-state index contributed by atoms with van der Waals surface area (Å²) in [6.45, 7) is 2.34. The summed E-state index contributed by atoms with van der Waals surface area (Å²) in [6.07, 6.45) is 1.66. The summed E-state index contributed by atoms with van der Waals surface area (Å²) in [4.78, 5) is 5.80. The maximum absolute atomic E-state index is 9.83. The molecule has 4 rings (SSSR count). The van der Waals surface area contributed by atoms with Crippen molar-refractivity contribution in [2.45, 2.75) is 6.92 Å². The van der Waals surface area contributed by atoms with Gasteiger partial charge >= 0.3 is 0 Å². The molecule has 4 aromatic rings. The van der Waals surface area contributed by atoms with E-state index in [0.29, 0.717) is 22.5 Å². The van der Waals surface area contributed by atoms with Crippen LogP contribution in [0.25, 0.3) is 21.7 Å². The summed E-state index contributed by atoms with van der Waals surface area (Å²) in [7, 11) is 0. The Hall–Kier alpha value is -3.35. The van der Waals surface area contributed by atoms with Gasteiger partial charge in [0.05, 0.1) is 23.4 Å². The maximum atomic E-state index is 9.83. The highest BCUT2D eigenvalue weighted by molar-refractivity contribution is 7.19. The number of phenolic OH excluding ortho intramolecular Hbond substituents is 1. The second-order valence-electron chi connectivity index (χ2n) is 6.60. The highest BCUT2D eigenvalue weighted by Gasteiger charge is 2.14. The van der Waals surface area contributed by atoms with Gasteiger partial charge in [0, 0.05) is 10.6 Å². The van der Waals surface area contributed by atoms with E-state index in [2.05, 4.69) is 10.5 Å². The number of benzene rings is 3. The van der Waals surface area contributed by atoms with Gasteiger partial charge in [0.15, 0.2) is 11.5 Å². The Labute approximate surface area is 189 Å². The van der Waals surface area contributed by atoms with Crippen LogP contribution in [0.4, 0.5) is 5.13 Å². The number of phenols is 1. The smallest absolute Gasteiger partial charge is 0.204 e. The van der Waals surface area contributed by atoms with Crippen LogP contribution in [0.15, 0.2) is 77.9 Å². The minimum absolute atomic E-state index is 0.104. The van der Waals surface area contributed by atoms with Crippen molar-refractivity contribution in [3.8, 4) is 33.2 Å².